The predicted octanol–water partition coefficient (Wildman–Crippen LogP) is 2.40. The molecule has 20 heavy (non-hydrogen) atoms. The van der Waals surface area contributed by atoms with Gasteiger partial charge in [-0.1, -0.05) is 23.7 Å². The molecule has 0 aliphatic carbocycles. The van der Waals surface area contributed by atoms with Crippen LogP contribution in [0.4, 0.5) is 4.39 Å². The van der Waals surface area contributed by atoms with Gasteiger partial charge in [0.15, 0.2) is 0 Å². The molecule has 0 aliphatic rings. The highest BCUT2D eigenvalue weighted by atomic mass is 35.5. The van der Waals surface area contributed by atoms with Gasteiger partial charge < -0.3 is 10.6 Å². The smallest absolute Gasteiger partial charge is 0.220 e. The molecule has 0 spiro atoms. The van der Waals surface area contributed by atoms with Crippen molar-refractivity contribution < 1.29 is 14.0 Å². The zero-order chi connectivity index (χ0) is 15.1. The molecule has 6 heteroatoms. The molecule has 0 bridgehead atoms. The number of rotatable bonds is 6. The minimum absolute atomic E-state index is 0.0214. The summed E-state index contributed by atoms with van der Waals surface area (Å²) in [6.07, 6.45) is 0.183. The highest BCUT2D eigenvalue weighted by molar-refractivity contribution is 6.30. The van der Waals surface area contributed by atoms with Crippen LogP contribution in [-0.2, 0) is 16.1 Å². The molecule has 2 N–H and O–H groups in total. The van der Waals surface area contributed by atoms with E-state index < -0.39 is 5.82 Å². The number of carbonyl (C=O) groups excluding carboxylic acids is 2. The molecule has 0 fully saturated rings. The van der Waals surface area contributed by atoms with Gasteiger partial charge in [0.2, 0.25) is 11.8 Å². The van der Waals surface area contributed by atoms with Crippen molar-refractivity contribution in [1.82, 2.24) is 10.6 Å². The lowest BCUT2D eigenvalue weighted by molar-refractivity contribution is -0.126. The summed E-state index contributed by atoms with van der Waals surface area (Å²) in [4.78, 5) is 22.9. The second-order valence-electron chi connectivity index (χ2n) is 4.71. The van der Waals surface area contributed by atoms with Gasteiger partial charge in [0, 0.05) is 31.0 Å². The number of nitrogens with one attached hydrogen (secondary N) is 2. The van der Waals surface area contributed by atoms with E-state index in [1.54, 1.807) is 12.1 Å². The first-order valence-electron chi connectivity index (χ1n) is 6.39. The van der Waals surface area contributed by atoms with E-state index in [1.807, 2.05) is 13.8 Å². The van der Waals surface area contributed by atoms with Gasteiger partial charge in [-0.15, -0.1) is 0 Å². The van der Waals surface area contributed by atoms with Gasteiger partial charge in [-0.2, -0.15) is 0 Å². The van der Waals surface area contributed by atoms with Crippen molar-refractivity contribution in [3.05, 3.63) is 34.6 Å². The fraction of sp³-hybridized carbons (Fsp3) is 0.429. The summed E-state index contributed by atoms with van der Waals surface area (Å²) in [6, 6.07) is 4.65. The third kappa shape index (κ3) is 5.57. The lowest BCUT2D eigenvalue weighted by Gasteiger charge is -2.09. The number of benzene rings is 1. The summed E-state index contributed by atoms with van der Waals surface area (Å²) in [5, 5.41) is 5.27. The third-order valence-electron chi connectivity index (χ3n) is 2.54. The molecule has 0 atom stereocenters. The second-order valence-corrected chi connectivity index (χ2v) is 5.12. The van der Waals surface area contributed by atoms with Crippen LogP contribution in [0.1, 0.15) is 32.3 Å². The van der Waals surface area contributed by atoms with E-state index in [-0.39, 0.29) is 42.3 Å². The number of amides is 2. The quantitative estimate of drug-likeness (QED) is 0.847. The maximum atomic E-state index is 13.6. The van der Waals surface area contributed by atoms with Crippen LogP contribution in [0.15, 0.2) is 18.2 Å². The summed E-state index contributed by atoms with van der Waals surface area (Å²) < 4.78 is 13.6. The molecule has 1 rings (SSSR count). The number of hydrogen-bond donors (Lipinski definition) is 2. The molecule has 1 aromatic rings. The van der Waals surface area contributed by atoms with E-state index in [2.05, 4.69) is 10.6 Å². The Labute approximate surface area is 122 Å². The average Bonchev–Trinajstić information content (AvgIpc) is 2.37. The highest BCUT2D eigenvalue weighted by Crippen LogP contribution is 2.17. The van der Waals surface area contributed by atoms with Gasteiger partial charge in [-0.3, -0.25) is 9.59 Å². The fourth-order valence-corrected chi connectivity index (χ4v) is 1.78. The topological polar surface area (TPSA) is 58.2 Å². The molecule has 110 valence electrons. The van der Waals surface area contributed by atoms with Crippen molar-refractivity contribution in [1.29, 1.82) is 0 Å². The van der Waals surface area contributed by atoms with E-state index in [9.17, 15) is 14.0 Å². The molecular weight excluding hydrogens is 283 g/mol. The normalized spacial score (nSPS) is 10.4. The number of halogens is 2. The minimum Gasteiger partial charge on any atom is -0.354 e. The zero-order valence-corrected chi connectivity index (χ0v) is 12.3. The summed E-state index contributed by atoms with van der Waals surface area (Å²) >= 11 is 5.64. The Bertz CT molecular complexity index is 492. The van der Waals surface area contributed by atoms with Gasteiger partial charge in [0.05, 0.1) is 5.02 Å². The van der Waals surface area contributed by atoms with Crippen LogP contribution in [0, 0.1) is 5.82 Å². The van der Waals surface area contributed by atoms with Crippen LogP contribution in [0.2, 0.25) is 5.02 Å². The van der Waals surface area contributed by atoms with E-state index >= 15 is 0 Å². The standard InChI is InChI=1S/C14H18ClFN2O2/c1-9(2)18-13(20)7-6-12(19)17-8-10-4-3-5-11(15)14(10)16/h3-5,9H,6-8H2,1-2H3,(H,17,19)(H,18,20). The second kappa shape index (κ2) is 7.85. The molecule has 0 aromatic heterocycles. The lowest BCUT2D eigenvalue weighted by Crippen LogP contribution is -2.31. The van der Waals surface area contributed by atoms with E-state index in [0.717, 1.165) is 0 Å². The molecular formula is C14H18ClFN2O2. The van der Waals surface area contributed by atoms with Crippen LogP contribution in [0.5, 0.6) is 0 Å². The SMILES string of the molecule is CC(C)NC(=O)CCC(=O)NCc1cccc(Cl)c1F. The largest absolute Gasteiger partial charge is 0.354 e. The summed E-state index contributed by atoms with van der Waals surface area (Å²) in [5.41, 5.74) is 0.317. The predicted molar refractivity (Wildman–Crippen MR) is 75.8 cm³/mol. The van der Waals surface area contributed by atoms with Crippen LogP contribution in [0.3, 0.4) is 0 Å². The van der Waals surface area contributed by atoms with Crippen LogP contribution < -0.4 is 10.6 Å². The average molecular weight is 301 g/mol. The van der Waals surface area contributed by atoms with E-state index in [0.29, 0.717) is 5.56 Å². The van der Waals surface area contributed by atoms with Gasteiger partial charge in [-0.25, -0.2) is 4.39 Å². The summed E-state index contributed by atoms with van der Waals surface area (Å²) in [5.74, 6) is -1.01. The van der Waals surface area contributed by atoms with Crippen molar-refractivity contribution >= 4 is 23.4 Å². The Morgan fingerprint density at radius 3 is 2.55 bits per heavy atom. The van der Waals surface area contributed by atoms with Gasteiger partial charge in [0.1, 0.15) is 5.82 Å². The van der Waals surface area contributed by atoms with Crippen molar-refractivity contribution in [2.24, 2.45) is 0 Å². The van der Waals surface area contributed by atoms with Gasteiger partial charge in [0.25, 0.3) is 0 Å². The molecule has 0 radical (unpaired) electrons. The number of carbonyl (C=O) groups is 2. The lowest BCUT2D eigenvalue weighted by atomic mass is 10.2. The first-order chi connectivity index (χ1) is 9.40. The maximum absolute atomic E-state index is 13.6. The summed E-state index contributed by atoms with van der Waals surface area (Å²) in [6.45, 7) is 3.75. The Morgan fingerprint density at radius 2 is 1.90 bits per heavy atom. The van der Waals surface area contributed by atoms with Crippen molar-refractivity contribution in [2.45, 2.75) is 39.3 Å². The molecule has 4 nitrogen and oxygen atoms in total. The first-order valence-corrected chi connectivity index (χ1v) is 6.77. The molecule has 2 amide bonds. The third-order valence-corrected chi connectivity index (χ3v) is 2.83. The first kappa shape index (κ1) is 16.4. The van der Waals surface area contributed by atoms with Crippen molar-refractivity contribution in [3.8, 4) is 0 Å². The van der Waals surface area contributed by atoms with Crippen LogP contribution in [-0.4, -0.2) is 17.9 Å². The number of hydrogen-bond acceptors (Lipinski definition) is 2. The molecule has 0 aliphatic heterocycles. The molecule has 0 heterocycles. The Hall–Kier alpha value is -1.62. The van der Waals surface area contributed by atoms with Crippen LogP contribution in [0.25, 0.3) is 0 Å². The zero-order valence-electron chi connectivity index (χ0n) is 11.5. The molecule has 0 saturated heterocycles. The minimum atomic E-state index is -0.535. The monoisotopic (exact) mass is 300 g/mol. The van der Waals surface area contributed by atoms with Gasteiger partial charge >= 0.3 is 0 Å². The molecule has 0 saturated carbocycles. The van der Waals surface area contributed by atoms with E-state index in [4.69, 9.17) is 11.6 Å². The maximum Gasteiger partial charge on any atom is 0.220 e. The Kier molecular flexibility index (Phi) is 6.45. The Morgan fingerprint density at radius 1 is 1.25 bits per heavy atom. The van der Waals surface area contributed by atoms with Crippen molar-refractivity contribution in [2.75, 3.05) is 0 Å². The Balaban J connectivity index is 2.37. The fourth-order valence-electron chi connectivity index (χ4n) is 1.59. The van der Waals surface area contributed by atoms with Crippen molar-refractivity contribution in [3.63, 3.8) is 0 Å². The van der Waals surface area contributed by atoms with Crippen LogP contribution >= 0.6 is 11.6 Å². The van der Waals surface area contributed by atoms with E-state index in [1.165, 1.54) is 6.07 Å². The van der Waals surface area contributed by atoms with Gasteiger partial charge in [-0.05, 0) is 19.9 Å². The highest BCUT2D eigenvalue weighted by Gasteiger charge is 2.10. The summed E-state index contributed by atoms with van der Waals surface area (Å²) in [7, 11) is 0. The molecule has 0 unspecified atom stereocenters. The molecule has 1 aromatic carbocycles.